The first-order chi connectivity index (χ1) is 12.8. The van der Waals surface area contributed by atoms with Gasteiger partial charge < -0.3 is 15.0 Å². The zero-order chi connectivity index (χ0) is 19.2. The molecule has 1 aromatic carbocycles. The van der Waals surface area contributed by atoms with Crippen LogP contribution in [0.15, 0.2) is 35.4 Å². The highest BCUT2D eigenvalue weighted by Crippen LogP contribution is 2.33. The summed E-state index contributed by atoms with van der Waals surface area (Å²) in [4.78, 5) is 31.0. The molecule has 27 heavy (non-hydrogen) atoms. The summed E-state index contributed by atoms with van der Waals surface area (Å²) in [5.74, 6) is 0.588. The molecule has 1 amide bonds. The number of carbonyl (C=O) groups excluding carboxylic acids is 1. The van der Waals surface area contributed by atoms with Gasteiger partial charge in [-0.15, -0.1) is 0 Å². The Morgan fingerprint density at radius 3 is 2.70 bits per heavy atom. The van der Waals surface area contributed by atoms with Crippen molar-refractivity contribution in [3.63, 3.8) is 0 Å². The van der Waals surface area contributed by atoms with Gasteiger partial charge in [0.1, 0.15) is 6.61 Å². The fourth-order valence-corrected chi connectivity index (χ4v) is 3.62. The quantitative estimate of drug-likeness (QED) is 0.699. The van der Waals surface area contributed by atoms with Crippen LogP contribution in [0, 0.1) is 0 Å². The zero-order valence-electron chi connectivity index (χ0n) is 15.8. The number of aromatic nitrogens is 2. The average Bonchev–Trinajstić information content (AvgIpc) is 3.03. The molecule has 4 rings (SSSR count). The SMILES string of the molecule is CC(C)(C)c1c[nH]c(=O)c2cc3ccnc(OC[C@@H]4CCC(=O)N4)c3cc12. The molecule has 140 valence electrons. The van der Waals surface area contributed by atoms with Crippen LogP contribution in [0.4, 0.5) is 0 Å². The third kappa shape index (κ3) is 3.27. The first-order valence-electron chi connectivity index (χ1n) is 9.20. The highest BCUT2D eigenvalue weighted by molar-refractivity contribution is 6.01. The molecule has 0 bridgehead atoms. The molecule has 2 aromatic heterocycles. The molecule has 0 unspecified atom stereocenters. The molecule has 3 heterocycles. The van der Waals surface area contributed by atoms with Crippen LogP contribution in [0.25, 0.3) is 21.5 Å². The van der Waals surface area contributed by atoms with E-state index >= 15 is 0 Å². The summed E-state index contributed by atoms with van der Waals surface area (Å²) in [6, 6.07) is 5.78. The molecule has 6 heteroatoms. The van der Waals surface area contributed by atoms with Gasteiger partial charge >= 0.3 is 0 Å². The van der Waals surface area contributed by atoms with E-state index in [9.17, 15) is 9.59 Å². The number of hydrogen-bond donors (Lipinski definition) is 2. The smallest absolute Gasteiger partial charge is 0.255 e. The van der Waals surface area contributed by atoms with E-state index in [4.69, 9.17) is 4.74 Å². The van der Waals surface area contributed by atoms with Crippen molar-refractivity contribution in [1.29, 1.82) is 0 Å². The van der Waals surface area contributed by atoms with E-state index < -0.39 is 0 Å². The predicted molar refractivity (Wildman–Crippen MR) is 105 cm³/mol. The summed E-state index contributed by atoms with van der Waals surface area (Å²) < 4.78 is 5.94. The number of carbonyl (C=O) groups is 1. The van der Waals surface area contributed by atoms with Crippen molar-refractivity contribution < 1.29 is 9.53 Å². The maximum atomic E-state index is 12.4. The molecule has 1 aliphatic heterocycles. The van der Waals surface area contributed by atoms with Crippen LogP contribution in [0.2, 0.25) is 0 Å². The number of benzene rings is 1. The van der Waals surface area contributed by atoms with E-state index in [2.05, 4.69) is 36.1 Å². The molecule has 3 aromatic rings. The Morgan fingerprint density at radius 1 is 1.19 bits per heavy atom. The fraction of sp³-hybridized carbons (Fsp3) is 0.381. The second-order valence-electron chi connectivity index (χ2n) is 8.13. The van der Waals surface area contributed by atoms with Crippen LogP contribution in [0.3, 0.4) is 0 Å². The summed E-state index contributed by atoms with van der Waals surface area (Å²) in [7, 11) is 0. The van der Waals surface area contributed by atoms with E-state index in [-0.39, 0.29) is 22.9 Å². The summed E-state index contributed by atoms with van der Waals surface area (Å²) in [5.41, 5.74) is 0.845. The van der Waals surface area contributed by atoms with Crippen molar-refractivity contribution in [2.75, 3.05) is 6.61 Å². The standard InChI is InChI=1S/C21H23N3O3/c1-21(2,3)17-10-23-19(26)16-8-12-6-7-22-20(14(12)9-15(16)17)27-11-13-4-5-18(25)24-13/h6-10,13H,4-5,11H2,1-3H3,(H,23,26)(H,24,25)/t13-/m0/s1. The lowest BCUT2D eigenvalue weighted by Crippen LogP contribution is -2.31. The van der Waals surface area contributed by atoms with Gasteiger partial charge in [-0.3, -0.25) is 9.59 Å². The molecule has 0 saturated carbocycles. The number of nitrogens with one attached hydrogen (secondary N) is 2. The van der Waals surface area contributed by atoms with Gasteiger partial charge in [-0.1, -0.05) is 20.8 Å². The molecular formula is C21H23N3O3. The van der Waals surface area contributed by atoms with E-state index in [1.165, 1.54) is 0 Å². The van der Waals surface area contributed by atoms with E-state index in [0.717, 1.165) is 28.1 Å². The van der Waals surface area contributed by atoms with E-state index in [0.29, 0.717) is 24.3 Å². The Balaban J connectivity index is 1.81. The van der Waals surface area contributed by atoms with Gasteiger partial charge in [0, 0.05) is 29.6 Å². The Morgan fingerprint density at radius 2 is 2.00 bits per heavy atom. The summed E-state index contributed by atoms with van der Waals surface area (Å²) in [5, 5.41) is 6.24. The number of ether oxygens (including phenoxy) is 1. The lowest BCUT2D eigenvalue weighted by Gasteiger charge is -2.21. The summed E-state index contributed by atoms with van der Waals surface area (Å²) in [6.45, 7) is 6.74. The van der Waals surface area contributed by atoms with Crippen LogP contribution in [-0.4, -0.2) is 28.5 Å². The first kappa shape index (κ1) is 17.5. The number of pyridine rings is 2. The molecule has 1 atom stereocenters. The van der Waals surface area contributed by atoms with Crippen LogP contribution < -0.4 is 15.6 Å². The Hall–Kier alpha value is -2.89. The molecule has 0 aliphatic carbocycles. The molecular weight excluding hydrogens is 342 g/mol. The number of hydrogen-bond acceptors (Lipinski definition) is 4. The largest absolute Gasteiger partial charge is 0.475 e. The van der Waals surface area contributed by atoms with Gasteiger partial charge in [0.05, 0.1) is 6.04 Å². The number of H-pyrrole nitrogens is 1. The molecule has 0 spiro atoms. The number of rotatable bonds is 3. The van der Waals surface area contributed by atoms with Gasteiger partial charge in [-0.2, -0.15) is 0 Å². The minimum atomic E-state index is -0.118. The second-order valence-corrected chi connectivity index (χ2v) is 8.13. The van der Waals surface area contributed by atoms with Crippen molar-refractivity contribution in [3.05, 3.63) is 46.5 Å². The summed E-state index contributed by atoms with van der Waals surface area (Å²) in [6.07, 6.45) is 4.79. The molecule has 2 N–H and O–H groups in total. The number of fused-ring (bicyclic) bond motifs is 2. The van der Waals surface area contributed by atoms with Gasteiger partial charge in [0.15, 0.2) is 0 Å². The highest BCUT2D eigenvalue weighted by atomic mass is 16.5. The molecule has 6 nitrogen and oxygen atoms in total. The predicted octanol–water partition coefficient (Wildman–Crippen LogP) is 3.03. The Kier molecular flexibility index (Phi) is 4.13. The minimum Gasteiger partial charge on any atom is -0.475 e. The van der Waals surface area contributed by atoms with E-state index in [1.807, 2.05) is 18.2 Å². The average molecular weight is 365 g/mol. The lowest BCUT2D eigenvalue weighted by atomic mass is 9.84. The number of nitrogens with zero attached hydrogens (tertiary/aromatic N) is 1. The summed E-state index contributed by atoms with van der Waals surface area (Å²) >= 11 is 0. The lowest BCUT2D eigenvalue weighted by molar-refractivity contribution is -0.119. The van der Waals surface area contributed by atoms with Crippen molar-refractivity contribution in [2.24, 2.45) is 0 Å². The highest BCUT2D eigenvalue weighted by Gasteiger charge is 2.22. The van der Waals surface area contributed by atoms with E-state index in [1.54, 1.807) is 12.4 Å². The minimum absolute atomic E-state index is 0.0167. The van der Waals surface area contributed by atoms with Gasteiger partial charge in [0.25, 0.3) is 5.56 Å². The second kappa shape index (κ2) is 6.37. The number of amides is 1. The molecule has 1 fully saturated rings. The maximum Gasteiger partial charge on any atom is 0.255 e. The molecule has 0 radical (unpaired) electrons. The maximum absolute atomic E-state index is 12.4. The molecule has 1 aliphatic rings. The van der Waals surface area contributed by atoms with Gasteiger partial charge in [-0.25, -0.2) is 4.98 Å². The Labute approximate surface area is 156 Å². The van der Waals surface area contributed by atoms with Crippen molar-refractivity contribution in [2.45, 2.75) is 45.1 Å². The van der Waals surface area contributed by atoms with Crippen molar-refractivity contribution in [3.8, 4) is 5.88 Å². The Bertz CT molecular complexity index is 1100. The van der Waals surface area contributed by atoms with Crippen LogP contribution in [0.5, 0.6) is 5.88 Å². The van der Waals surface area contributed by atoms with Crippen LogP contribution in [0.1, 0.15) is 39.2 Å². The van der Waals surface area contributed by atoms with Gasteiger partial charge in [0.2, 0.25) is 11.8 Å². The topological polar surface area (TPSA) is 84.1 Å². The zero-order valence-corrected chi connectivity index (χ0v) is 15.8. The molecule has 1 saturated heterocycles. The monoisotopic (exact) mass is 365 g/mol. The first-order valence-corrected chi connectivity index (χ1v) is 9.20. The number of aromatic amines is 1. The van der Waals surface area contributed by atoms with Crippen molar-refractivity contribution in [1.82, 2.24) is 15.3 Å². The fourth-order valence-electron chi connectivity index (χ4n) is 3.62. The van der Waals surface area contributed by atoms with Gasteiger partial charge in [-0.05, 0) is 46.4 Å². The normalized spacial score (nSPS) is 17.4. The van der Waals surface area contributed by atoms with Crippen molar-refractivity contribution >= 4 is 27.5 Å². The van der Waals surface area contributed by atoms with Crippen LogP contribution in [-0.2, 0) is 10.2 Å². The third-order valence-corrected chi connectivity index (χ3v) is 5.06. The third-order valence-electron chi connectivity index (χ3n) is 5.06. The van der Waals surface area contributed by atoms with Crippen LogP contribution >= 0.6 is 0 Å².